The van der Waals surface area contributed by atoms with Gasteiger partial charge in [0.1, 0.15) is 0 Å². The number of nitrogens with zero attached hydrogens (tertiary/aromatic N) is 2. The molecule has 1 aliphatic rings. The van der Waals surface area contributed by atoms with Crippen LogP contribution < -0.4 is 14.8 Å². The zero-order chi connectivity index (χ0) is 18.2. The van der Waals surface area contributed by atoms with Crippen LogP contribution in [0.4, 0.5) is 0 Å². The van der Waals surface area contributed by atoms with E-state index in [1.807, 2.05) is 25.4 Å². The van der Waals surface area contributed by atoms with Crippen LogP contribution in [0.15, 0.2) is 42.7 Å². The van der Waals surface area contributed by atoms with Gasteiger partial charge in [-0.05, 0) is 48.7 Å². The number of hydrogen-bond donors (Lipinski definition) is 1. The molecule has 2 aromatic rings. The van der Waals surface area contributed by atoms with Gasteiger partial charge < -0.3 is 14.8 Å². The van der Waals surface area contributed by atoms with Gasteiger partial charge in [0.15, 0.2) is 11.5 Å². The Hall–Kier alpha value is -1.82. The number of piperazine rings is 1. The van der Waals surface area contributed by atoms with Crippen LogP contribution in [0.2, 0.25) is 0 Å². The monoisotopic (exact) mass is 391 g/mol. The third-order valence-corrected chi connectivity index (χ3v) is 4.60. The summed E-state index contributed by atoms with van der Waals surface area (Å²) >= 11 is 0. The molecule has 1 aliphatic heterocycles. The quantitative estimate of drug-likeness (QED) is 0.740. The number of rotatable bonds is 8. The summed E-state index contributed by atoms with van der Waals surface area (Å²) in [7, 11) is 0. The summed E-state index contributed by atoms with van der Waals surface area (Å²) in [5.74, 6) is 1.68. The second-order valence-corrected chi connectivity index (χ2v) is 6.53. The summed E-state index contributed by atoms with van der Waals surface area (Å²) in [4.78, 5) is 6.66. The highest BCUT2D eigenvalue weighted by atomic mass is 35.5. The fourth-order valence-electron chi connectivity index (χ4n) is 3.33. The molecule has 5 nitrogen and oxygen atoms in total. The lowest BCUT2D eigenvalue weighted by atomic mass is 10.0. The summed E-state index contributed by atoms with van der Waals surface area (Å²) in [5.41, 5.74) is 2.55. The SMILES string of the molecule is CCCOc1ccc(CN2CCNCC2c2ccncc2)cc1OCC.Cl. The molecule has 1 unspecified atom stereocenters. The molecule has 1 aromatic heterocycles. The van der Waals surface area contributed by atoms with Crippen molar-refractivity contribution < 1.29 is 9.47 Å². The van der Waals surface area contributed by atoms with E-state index in [1.165, 1.54) is 11.1 Å². The second-order valence-electron chi connectivity index (χ2n) is 6.53. The van der Waals surface area contributed by atoms with Crippen molar-refractivity contribution in [2.75, 3.05) is 32.8 Å². The number of hydrogen-bond acceptors (Lipinski definition) is 5. The molecule has 3 rings (SSSR count). The molecule has 0 amide bonds. The van der Waals surface area contributed by atoms with Crippen LogP contribution in [0, 0.1) is 0 Å². The molecule has 0 saturated carbocycles. The maximum Gasteiger partial charge on any atom is 0.161 e. The van der Waals surface area contributed by atoms with Crippen molar-refractivity contribution in [2.45, 2.75) is 32.9 Å². The Kier molecular flexibility index (Phi) is 8.85. The Morgan fingerprint density at radius 3 is 2.67 bits per heavy atom. The maximum atomic E-state index is 5.82. The molecule has 27 heavy (non-hydrogen) atoms. The number of ether oxygens (including phenoxy) is 2. The number of aromatic nitrogens is 1. The van der Waals surface area contributed by atoms with E-state index in [2.05, 4.69) is 46.4 Å². The molecule has 1 saturated heterocycles. The van der Waals surface area contributed by atoms with Gasteiger partial charge in [-0.2, -0.15) is 0 Å². The molecule has 1 N–H and O–H groups in total. The number of benzene rings is 1. The first-order valence-corrected chi connectivity index (χ1v) is 9.55. The van der Waals surface area contributed by atoms with E-state index >= 15 is 0 Å². The van der Waals surface area contributed by atoms with Crippen molar-refractivity contribution in [1.82, 2.24) is 15.2 Å². The third-order valence-electron chi connectivity index (χ3n) is 4.60. The van der Waals surface area contributed by atoms with Gasteiger partial charge in [0.05, 0.1) is 13.2 Å². The van der Waals surface area contributed by atoms with Crippen molar-refractivity contribution in [3.05, 3.63) is 53.9 Å². The fraction of sp³-hybridized carbons (Fsp3) is 0.476. The van der Waals surface area contributed by atoms with E-state index in [4.69, 9.17) is 9.47 Å². The molecule has 6 heteroatoms. The van der Waals surface area contributed by atoms with Gasteiger partial charge in [-0.25, -0.2) is 0 Å². The van der Waals surface area contributed by atoms with E-state index < -0.39 is 0 Å². The molecule has 0 radical (unpaired) electrons. The average Bonchev–Trinajstić information content (AvgIpc) is 2.69. The molecule has 1 atom stereocenters. The second kappa shape index (κ2) is 11.1. The van der Waals surface area contributed by atoms with Crippen LogP contribution in [0.5, 0.6) is 11.5 Å². The maximum absolute atomic E-state index is 5.82. The molecule has 2 heterocycles. The van der Waals surface area contributed by atoms with Gasteiger partial charge in [-0.3, -0.25) is 9.88 Å². The van der Waals surface area contributed by atoms with Gasteiger partial charge in [-0.15, -0.1) is 12.4 Å². The van der Waals surface area contributed by atoms with E-state index in [-0.39, 0.29) is 12.4 Å². The minimum absolute atomic E-state index is 0. The lowest BCUT2D eigenvalue weighted by Gasteiger charge is -2.36. The number of pyridine rings is 1. The van der Waals surface area contributed by atoms with Crippen LogP contribution in [0.25, 0.3) is 0 Å². The van der Waals surface area contributed by atoms with Crippen molar-refractivity contribution >= 4 is 12.4 Å². The third kappa shape index (κ3) is 5.83. The summed E-state index contributed by atoms with van der Waals surface area (Å²) in [6.07, 6.45) is 4.73. The highest BCUT2D eigenvalue weighted by Crippen LogP contribution is 2.31. The van der Waals surface area contributed by atoms with Crippen LogP contribution >= 0.6 is 12.4 Å². The Balaban J connectivity index is 0.00000261. The van der Waals surface area contributed by atoms with Crippen LogP contribution in [0.1, 0.15) is 37.4 Å². The molecule has 0 aliphatic carbocycles. The zero-order valence-corrected chi connectivity index (χ0v) is 17.0. The zero-order valence-electron chi connectivity index (χ0n) is 16.2. The van der Waals surface area contributed by atoms with Crippen molar-refractivity contribution in [3.63, 3.8) is 0 Å². The lowest BCUT2D eigenvalue weighted by Crippen LogP contribution is -2.45. The van der Waals surface area contributed by atoms with Crippen LogP contribution in [-0.4, -0.2) is 42.7 Å². The number of nitrogens with one attached hydrogen (secondary N) is 1. The highest BCUT2D eigenvalue weighted by Gasteiger charge is 2.24. The molecule has 0 bridgehead atoms. The molecule has 1 fully saturated rings. The first-order valence-electron chi connectivity index (χ1n) is 9.55. The summed E-state index contributed by atoms with van der Waals surface area (Å²) in [5, 5.41) is 3.51. The summed E-state index contributed by atoms with van der Waals surface area (Å²) in [6.45, 7) is 9.34. The number of halogens is 1. The predicted octanol–water partition coefficient (Wildman–Crippen LogP) is 3.84. The van der Waals surface area contributed by atoms with E-state index in [0.29, 0.717) is 19.3 Å². The first kappa shape index (κ1) is 21.5. The molecule has 1 aromatic carbocycles. The first-order chi connectivity index (χ1) is 12.8. The van der Waals surface area contributed by atoms with Gasteiger partial charge in [-0.1, -0.05) is 13.0 Å². The largest absolute Gasteiger partial charge is 0.490 e. The topological polar surface area (TPSA) is 46.6 Å². The van der Waals surface area contributed by atoms with Gasteiger partial charge >= 0.3 is 0 Å². The smallest absolute Gasteiger partial charge is 0.161 e. The Bertz CT molecular complexity index is 684. The fourth-order valence-corrected chi connectivity index (χ4v) is 3.33. The minimum atomic E-state index is 0. The van der Waals surface area contributed by atoms with E-state index in [0.717, 1.165) is 44.1 Å². The highest BCUT2D eigenvalue weighted by molar-refractivity contribution is 5.85. The van der Waals surface area contributed by atoms with Crippen molar-refractivity contribution in [3.8, 4) is 11.5 Å². The van der Waals surface area contributed by atoms with Crippen molar-refractivity contribution in [2.24, 2.45) is 0 Å². The predicted molar refractivity (Wildman–Crippen MR) is 111 cm³/mol. The lowest BCUT2D eigenvalue weighted by molar-refractivity contribution is 0.153. The van der Waals surface area contributed by atoms with Gasteiger partial charge in [0.25, 0.3) is 0 Å². The average molecular weight is 392 g/mol. The normalized spacial score (nSPS) is 17.2. The van der Waals surface area contributed by atoms with Crippen LogP contribution in [0.3, 0.4) is 0 Å². The summed E-state index contributed by atoms with van der Waals surface area (Å²) in [6, 6.07) is 10.9. The van der Waals surface area contributed by atoms with E-state index in [1.54, 1.807) is 0 Å². The molecular weight excluding hydrogens is 362 g/mol. The van der Waals surface area contributed by atoms with E-state index in [9.17, 15) is 0 Å². The van der Waals surface area contributed by atoms with Crippen molar-refractivity contribution in [1.29, 1.82) is 0 Å². The molecule has 148 valence electrons. The van der Waals surface area contributed by atoms with Gasteiger partial charge in [0, 0.05) is 44.6 Å². The summed E-state index contributed by atoms with van der Waals surface area (Å²) < 4.78 is 11.6. The Morgan fingerprint density at radius 2 is 1.93 bits per heavy atom. The van der Waals surface area contributed by atoms with Crippen LogP contribution in [-0.2, 0) is 6.54 Å². The Morgan fingerprint density at radius 1 is 1.11 bits per heavy atom. The Labute approximate surface area is 168 Å². The molecule has 0 spiro atoms. The van der Waals surface area contributed by atoms with Gasteiger partial charge in [0.2, 0.25) is 0 Å². The molecular formula is C21H30ClN3O2. The standard InChI is InChI=1S/C21H29N3O2.ClH/c1-3-13-26-20-6-5-17(14-21(20)25-4-2)16-24-12-11-23-15-19(24)18-7-9-22-10-8-18;/h5-10,14,19,23H,3-4,11-13,15-16H2,1-2H3;1H. The minimum Gasteiger partial charge on any atom is -0.490 e.